The number of anilines is 1. The Morgan fingerprint density at radius 3 is 2.43 bits per heavy atom. The Hall–Kier alpha value is -2.21. The molecule has 0 spiro atoms. The lowest BCUT2D eigenvalue weighted by Crippen LogP contribution is -2.40. The van der Waals surface area contributed by atoms with Crippen LogP contribution in [0.25, 0.3) is 0 Å². The number of alkyl halides is 2. The molecule has 0 unspecified atom stereocenters. The van der Waals surface area contributed by atoms with Crippen molar-refractivity contribution in [1.82, 2.24) is 4.31 Å². The highest BCUT2D eigenvalue weighted by Crippen LogP contribution is 2.29. The highest BCUT2D eigenvalue weighted by Gasteiger charge is 2.30. The molecule has 30 heavy (non-hydrogen) atoms. The summed E-state index contributed by atoms with van der Waals surface area (Å²) in [7, 11) is -2.52. The van der Waals surface area contributed by atoms with Crippen LogP contribution in [0.3, 0.4) is 0 Å². The van der Waals surface area contributed by atoms with Gasteiger partial charge in [-0.2, -0.15) is 13.1 Å². The SMILES string of the molecule is COc1ccc(C(=O)Nc2ccc(SC(F)F)cc2)cc1S(=O)(=O)N1CCOCC1. The first kappa shape index (κ1) is 22.5. The Bertz CT molecular complexity index is 994. The molecule has 0 saturated carbocycles. The number of thioether (sulfide) groups is 1. The van der Waals surface area contributed by atoms with Gasteiger partial charge in [0.25, 0.3) is 11.7 Å². The van der Waals surface area contributed by atoms with Gasteiger partial charge in [0.2, 0.25) is 10.0 Å². The summed E-state index contributed by atoms with van der Waals surface area (Å²) >= 11 is 0.404. The van der Waals surface area contributed by atoms with Crippen LogP contribution in [0.2, 0.25) is 0 Å². The summed E-state index contributed by atoms with van der Waals surface area (Å²) in [6.45, 7) is 1.01. The van der Waals surface area contributed by atoms with Gasteiger partial charge in [-0.15, -0.1) is 0 Å². The van der Waals surface area contributed by atoms with Crippen LogP contribution >= 0.6 is 11.8 Å². The van der Waals surface area contributed by atoms with Crippen molar-refractivity contribution < 1.29 is 31.5 Å². The van der Waals surface area contributed by atoms with Crippen molar-refractivity contribution in [2.75, 3.05) is 38.7 Å². The van der Waals surface area contributed by atoms with Crippen LogP contribution in [0.1, 0.15) is 10.4 Å². The summed E-state index contributed by atoms with van der Waals surface area (Å²) in [4.78, 5) is 12.9. The van der Waals surface area contributed by atoms with Gasteiger partial charge in [-0.25, -0.2) is 8.42 Å². The number of ether oxygens (including phenoxy) is 2. The normalized spacial score (nSPS) is 15.2. The third-order valence-corrected chi connectivity index (χ3v) is 6.99. The van der Waals surface area contributed by atoms with Crippen LogP contribution in [-0.4, -0.2) is 57.8 Å². The summed E-state index contributed by atoms with van der Waals surface area (Å²) in [6, 6.07) is 10.1. The maximum absolute atomic E-state index is 13.0. The topological polar surface area (TPSA) is 84.9 Å². The number of amides is 1. The number of nitrogens with one attached hydrogen (secondary N) is 1. The average molecular weight is 459 g/mol. The van der Waals surface area contributed by atoms with Gasteiger partial charge >= 0.3 is 0 Å². The quantitative estimate of drug-likeness (QED) is 0.641. The van der Waals surface area contributed by atoms with Crippen molar-refractivity contribution in [2.24, 2.45) is 0 Å². The molecule has 0 bridgehead atoms. The third-order valence-electron chi connectivity index (χ3n) is 4.35. The van der Waals surface area contributed by atoms with Gasteiger partial charge in [0.15, 0.2) is 0 Å². The number of hydrogen-bond acceptors (Lipinski definition) is 6. The zero-order valence-corrected chi connectivity index (χ0v) is 17.6. The van der Waals surface area contributed by atoms with E-state index in [1.165, 1.54) is 53.9 Å². The van der Waals surface area contributed by atoms with E-state index < -0.39 is 21.7 Å². The number of morpholine rings is 1. The second-order valence-corrected chi connectivity index (χ2v) is 9.21. The molecule has 0 radical (unpaired) electrons. The van der Waals surface area contributed by atoms with Crippen molar-refractivity contribution >= 4 is 33.4 Å². The molecule has 1 amide bonds. The van der Waals surface area contributed by atoms with E-state index >= 15 is 0 Å². The highest BCUT2D eigenvalue weighted by atomic mass is 32.2. The molecule has 1 aliphatic rings. The molecule has 2 aromatic carbocycles. The van der Waals surface area contributed by atoms with E-state index in [-0.39, 0.29) is 29.3 Å². The van der Waals surface area contributed by atoms with E-state index in [1.54, 1.807) is 0 Å². The van der Waals surface area contributed by atoms with E-state index in [2.05, 4.69) is 5.32 Å². The molecular formula is C19H20F2N2O5S2. The molecule has 0 aromatic heterocycles. The minimum absolute atomic E-state index is 0.108. The molecule has 0 aliphatic carbocycles. The van der Waals surface area contributed by atoms with Crippen molar-refractivity contribution in [1.29, 1.82) is 0 Å². The zero-order chi connectivity index (χ0) is 21.7. The maximum atomic E-state index is 13.0. The summed E-state index contributed by atoms with van der Waals surface area (Å²) in [5, 5.41) is 2.63. The minimum atomic E-state index is -3.88. The molecule has 1 N–H and O–H groups in total. The number of methoxy groups -OCH3 is 1. The molecule has 1 aliphatic heterocycles. The van der Waals surface area contributed by atoms with Crippen molar-refractivity contribution in [3.63, 3.8) is 0 Å². The number of benzene rings is 2. The Morgan fingerprint density at radius 1 is 1.17 bits per heavy atom. The molecule has 11 heteroatoms. The standard InChI is InChI=1S/C19H20F2N2O5S2/c1-27-16-7-2-13(12-17(16)30(25,26)23-8-10-28-11-9-23)18(24)22-14-3-5-15(6-4-14)29-19(20)21/h2-7,12,19H,8-11H2,1H3,(H,22,24). The Kier molecular flexibility index (Phi) is 7.29. The van der Waals surface area contributed by atoms with Gasteiger partial charge in [0.1, 0.15) is 10.6 Å². The number of halogens is 2. The van der Waals surface area contributed by atoms with Crippen LogP contribution < -0.4 is 10.1 Å². The minimum Gasteiger partial charge on any atom is -0.495 e. The summed E-state index contributed by atoms with van der Waals surface area (Å²) in [5.74, 6) is -2.94. The first-order valence-corrected chi connectivity index (χ1v) is 11.3. The predicted octanol–water partition coefficient (Wildman–Crippen LogP) is 3.28. The van der Waals surface area contributed by atoms with Gasteiger partial charge in [-0.05, 0) is 42.5 Å². The fourth-order valence-electron chi connectivity index (χ4n) is 2.87. The Balaban J connectivity index is 1.82. The van der Waals surface area contributed by atoms with Crippen LogP contribution in [0, 0.1) is 0 Å². The molecule has 1 saturated heterocycles. The van der Waals surface area contributed by atoms with E-state index in [4.69, 9.17) is 9.47 Å². The molecule has 1 fully saturated rings. The number of carbonyl (C=O) groups is 1. The van der Waals surface area contributed by atoms with E-state index in [9.17, 15) is 22.0 Å². The largest absolute Gasteiger partial charge is 0.495 e. The van der Waals surface area contributed by atoms with Gasteiger partial charge in [0.05, 0.1) is 20.3 Å². The summed E-state index contributed by atoms with van der Waals surface area (Å²) in [5.41, 5.74) is 0.515. The van der Waals surface area contributed by atoms with Gasteiger partial charge in [-0.1, -0.05) is 11.8 Å². The maximum Gasteiger partial charge on any atom is 0.288 e. The van der Waals surface area contributed by atoms with Crippen molar-refractivity contribution in [2.45, 2.75) is 15.5 Å². The molecule has 1 heterocycles. The zero-order valence-electron chi connectivity index (χ0n) is 16.0. The second kappa shape index (κ2) is 9.73. The number of sulfonamides is 1. The number of carbonyl (C=O) groups excluding carboxylic acids is 1. The summed E-state index contributed by atoms with van der Waals surface area (Å²) in [6.07, 6.45) is 0. The molecule has 3 rings (SSSR count). The average Bonchev–Trinajstić information content (AvgIpc) is 2.75. The molecular weight excluding hydrogens is 438 g/mol. The first-order valence-electron chi connectivity index (χ1n) is 8.93. The predicted molar refractivity (Wildman–Crippen MR) is 109 cm³/mol. The van der Waals surface area contributed by atoms with Crippen LogP contribution in [0.4, 0.5) is 14.5 Å². The van der Waals surface area contributed by atoms with Crippen molar-refractivity contribution in [3.05, 3.63) is 48.0 Å². The van der Waals surface area contributed by atoms with Gasteiger partial charge in [-0.3, -0.25) is 4.79 Å². The molecule has 7 nitrogen and oxygen atoms in total. The van der Waals surface area contributed by atoms with E-state index in [0.717, 1.165) is 0 Å². The Morgan fingerprint density at radius 2 is 1.83 bits per heavy atom. The Labute approximate surface area is 177 Å². The highest BCUT2D eigenvalue weighted by molar-refractivity contribution is 7.99. The van der Waals surface area contributed by atoms with Crippen LogP contribution in [0.15, 0.2) is 52.3 Å². The number of rotatable bonds is 7. The van der Waals surface area contributed by atoms with Crippen LogP contribution in [-0.2, 0) is 14.8 Å². The lowest BCUT2D eigenvalue weighted by Gasteiger charge is -2.26. The fraction of sp³-hybridized carbons (Fsp3) is 0.316. The lowest BCUT2D eigenvalue weighted by molar-refractivity contribution is 0.0729. The number of hydrogen-bond donors (Lipinski definition) is 1. The first-order chi connectivity index (χ1) is 14.3. The third kappa shape index (κ3) is 5.28. The molecule has 0 atom stereocenters. The lowest BCUT2D eigenvalue weighted by atomic mass is 10.2. The van der Waals surface area contributed by atoms with Crippen LogP contribution in [0.5, 0.6) is 5.75 Å². The molecule has 2 aromatic rings. The van der Waals surface area contributed by atoms with Gasteiger partial charge in [0, 0.05) is 29.2 Å². The van der Waals surface area contributed by atoms with Crippen molar-refractivity contribution in [3.8, 4) is 5.75 Å². The smallest absolute Gasteiger partial charge is 0.288 e. The summed E-state index contributed by atoms with van der Waals surface area (Å²) < 4.78 is 62.5. The number of nitrogens with zero attached hydrogens (tertiary/aromatic N) is 1. The fourth-order valence-corrected chi connectivity index (χ4v) is 4.96. The van der Waals surface area contributed by atoms with E-state index in [1.807, 2.05) is 0 Å². The molecule has 162 valence electrons. The second-order valence-electron chi connectivity index (χ2n) is 6.24. The van der Waals surface area contributed by atoms with Gasteiger partial charge < -0.3 is 14.8 Å². The monoisotopic (exact) mass is 458 g/mol. The van der Waals surface area contributed by atoms with E-state index in [0.29, 0.717) is 35.6 Å².